The van der Waals surface area contributed by atoms with E-state index in [4.69, 9.17) is 16.3 Å². The molecule has 0 heterocycles. The molecular weight excluding hydrogens is 307 g/mol. The first-order chi connectivity index (χ1) is 9.78. The number of alkyl halides is 3. The van der Waals surface area contributed by atoms with E-state index in [0.29, 0.717) is 23.2 Å². The summed E-state index contributed by atoms with van der Waals surface area (Å²) in [6.07, 6.45) is -4.63. The van der Waals surface area contributed by atoms with E-state index >= 15 is 0 Å². The molecule has 0 saturated carbocycles. The summed E-state index contributed by atoms with van der Waals surface area (Å²) in [5.41, 5.74) is 0.801. The summed E-state index contributed by atoms with van der Waals surface area (Å²) < 4.78 is 44.5. The molecule has 7 heteroatoms. The Labute approximate surface area is 127 Å². The molecule has 0 atom stereocenters. The van der Waals surface area contributed by atoms with Crippen LogP contribution in [0.15, 0.2) is 18.2 Å². The fraction of sp³-hybridized carbons (Fsp3) is 0.571. The molecule has 1 aromatic carbocycles. The monoisotopic (exact) mass is 325 g/mol. The van der Waals surface area contributed by atoms with E-state index in [1.54, 1.807) is 18.2 Å². The van der Waals surface area contributed by atoms with Crippen LogP contribution in [0.2, 0.25) is 5.02 Å². The quantitative estimate of drug-likeness (QED) is 0.733. The van der Waals surface area contributed by atoms with Crippen molar-refractivity contribution in [1.82, 2.24) is 5.32 Å². The van der Waals surface area contributed by atoms with Crippen molar-refractivity contribution < 1.29 is 22.6 Å². The maximum atomic E-state index is 11.9. The van der Waals surface area contributed by atoms with Gasteiger partial charge in [-0.2, -0.15) is 0 Å². The predicted molar refractivity (Wildman–Crippen MR) is 75.5 cm³/mol. The topological polar surface area (TPSA) is 30.5 Å². The molecule has 0 aliphatic heterocycles. The maximum Gasteiger partial charge on any atom is 0.522 e. The summed E-state index contributed by atoms with van der Waals surface area (Å²) in [5.74, 6) is 0.996. The van der Waals surface area contributed by atoms with Crippen LogP contribution in [0.3, 0.4) is 0 Å². The minimum Gasteiger partial charge on any atom is -0.491 e. The molecule has 0 bridgehead atoms. The van der Waals surface area contributed by atoms with Crippen molar-refractivity contribution in [3.63, 3.8) is 0 Å². The molecule has 1 aromatic rings. The average molecular weight is 326 g/mol. The van der Waals surface area contributed by atoms with Crippen LogP contribution in [-0.2, 0) is 11.3 Å². The molecular formula is C14H19ClF3NO2. The molecule has 0 aromatic heterocycles. The zero-order valence-corrected chi connectivity index (χ0v) is 12.7. The molecule has 0 radical (unpaired) electrons. The SMILES string of the molecule is CC(C)CNCc1cc(Cl)ccc1OCCOC(F)(F)F. The van der Waals surface area contributed by atoms with E-state index < -0.39 is 13.0 Å². The number of ether oxygens (including phenoxy) is 2. The third-order valence-corrected chi connectivity index (χ3v) is 2.73. The van der Waals surface area contributed by atoms with Gasteiger partial charge in [0.05, 0.1) is 6.61 Å². The molecule has 0 aliphatic rings. The smallest absolute Gasteiger partial charge is 0.491 e. The van der Waals surface area contributed by atoms with Gasteiger partial charge >= 0.3 is 6.36 Å². The molecule has 120 valence electrons. The Morgan fingerprint density at radius 1 is 1.24 bits per heavy atom. The third kappa shape index (κ3) is 8.14. The number of nitrogens with one attached hydrogen (secondary N) is 1. The van der Waals surface area contributed by atoms with Crippen molar-refractivity contribution in [3.05, 3.63) is 28.8 Å². The lowest BCUT2D eigenvalue weighted by molar-refractivity contribution is -0.325. The second kappa shape index (κ2) is 8.46. The van der Waals surface area contributed by atoms with Crippen molar-refractivity contribution in [2.45, 2.75) is 26.8 Å². The van der Waals surface area contributed by atoms with E-state index in [9.17, 15) is 13.2 Å². The number of hydrogen-bond donors (Lipinski definition) is 1. The standard InChI is InChI=1S/C14H19ClF3NO2/c1-10(2)8-19-9-11-7-12(15)3-4-13(11)20-5-6-21-14(16,17)18/h3-4,7,10,19H,5-6,8-9H2,1-2H3. The number of hydrogen-bond acceptors (Lipinski definition) is 3. The second-order valence-electron chi connectivity index (χ2n) is 4.92. The first-order valence-electron chi connectivity index (χ1n) is 6.60. The third-order valence-electron chi connectivity index (χ3n) is 2.50. The lowest BCUT2D eigenvalue weighted by atomic mass is 10.2. The van der Waals surface area contributed by atoms with Crippen LogP contribution in [0.1, 0.15) is 19.4 Å². The van der Waals surface area contributed by atoms with E-state index in [-0.39, 0.29) is 6.61 Å². The van der Waals surface area contributed by atoms with Crippen molar-refractivity contribution in [3.8, 4) is 5.75 Å². The summed E-state index contributed by atoms with van der Waals surface area (Å²) in [6.45, 7) is 4.79. The van der Waals surface area contributed by atoms with Gasteiger partial charge in [0, 0.05) is 17.1 Å². The van der Waals surface area contributed by atoms with Gasteiger partial charge in [-0.1, -0.05) is 25.4 Å². The molecule has 0 aliphatic carbocycles. The van der Waals surface area contributed by atoms with Gasteiger partial charge in [-0.05, 0) is 30.7 Å². The van der Waals surface area contributed by atoms with Crippen molar-refractivity contribution >= 4 is 11.6 Å². The van der Waals surface area contributed by atoms with Gasteiger partial charge in [0.2, 0.25) is 0 Å². The predicted octanol–water partition coefficient (Wildman–Crippen LogP) is 4.00. The van der Waals surface area contributed by atoms with Gasteiger partial charge in [0.15, 0.2) is 0 Å². The highest BCUT2D eigenvalue weighted by atomic mass is 35.5. The molecule has 3 nitrogen and oxygen atoms in total. The number of rotatable bonds is 8. The number of benzene rings is 1. The zero-order chi connectivity index (χ0) is 15.9. The summed E-state index contributed by atoms with van der Waals surface area (Å²) in [5, 5.41) is 3.78. The first kappa shape index (κ1) is 18.1. The van der Waals surface area contributed by atoms with Crippen LogP contribution >= 0.6 is 11.6 Å². The lowest BCUT2D eigenvalue weighted by Gasteiger charge is -2.14. The van der Waals surface area contributed by atoms with E-state index in [2.05, 4.69) is 23.9 Å². The van der Waals surface area contributed by atoms with Crippen LogP contribution in [0.5, 0.6) is 5.75 Å². The summed E-state index contributed by atoms with van der Waals surface area (Å²) in [4.78, 5) is 0. The molecule has 0 saturated heterocycles. The van der Waals surface area contributed by atoms with E-state index in [1.165, 1.54) is 0 Å². The Morgan fingerprint density at radius 3 is 2.57 bits per heavy atom. The Balaban J connectivity index is 2.52. The van der Waals surface area contributed by atoms with Gasteiger partial charge in [-0.25, -0.2) is 0 Å². The maximum absolute atomic E-state index is 11.9. The fourth-order valence-electron chi connectivity index (χ4n) is 1.63. The summed E-state index contributed by atoms with van der Waals surface area (Å²) in [7, 11) is 0. The highest BCUT2D eigenvalue weighted by Crippen LogP contribution is 2.23. The van der Waals surface area contributed by atoms with Crippen LogP contribution < -0.4 is 10.1 Å². The summed E-state index contributed by atoms with van der Waals surface area (Å²) >= 11 is 5.92. The molecule has 21 heavy (non-hydrogen) atoms. The Hall–Kier alpha value is -0.980. The number of halogens is 4. The summed E-state index contributed by atoms with van der Waals surface area (Å²) in [6, 6.07) is 5.00. The highest BCUT2D eigenvalue weighted by molar-refractivity contribution is 6.30. The van der Waals surface area contributed by atoms with Crippen molar-refractivity contribution in [2.24, 2.45) is 5.92 Å². The molecule has 1 rings (SSSR count). The molecule has 0 fully saturated rings. The zero-order valence-electron chi connectivity index (χ0n) is 12.0. The van der Waals surface area contributed by atoms with Gasteiger partial charge in [-0.15, -0.1) is 13.2 Å². The largest absolute Gasteiger partial charge is 0.522 e. The molecule has 0 amide bonds. The van der Waals surface area contributed by atoms with Crippen LogP contribution in [-0.4, -0.2) is 26.1 Å². The van der Waals surface area contributed by atoms with Crippen LogP contribution in [0.4, 0.5) is 13.2 Å². The Morgan fingerprint density at radius 2 is 1.95 bits per heavy atom. The van der Waals surface area contributed by atoms with Crippen molar-refractivity contribution in [1.29, 1.82) is 0 Å². The van der Waals surface area contributed by atoms with Gasteiger partial charge in [0.25, 0.3) is 0 Å². The van der Waals surface area contributed by atoms with E-state index in [0.717, 1.165) is 12.1 Å². The van der Waals surface area contributed by atoms with Crippen molar-refractivity contribution in [2.75, 3.05) is 19.8 Å². The lowest BCUT2D eigenvalue weighted by Crippen LogP contribution is -2.20. The average Bonchev–Trinajstić information content (AvgIpc) is 2.35. The van der Waals surface area contributed by atoms with Gasteiger partial charge < -0.3 is 10.1 Å². The first-order valence-corrected chi connectivity index (χ1v) is 6.98. The van der Waals surface area contributed by atoms with Gasteiger partial charge in [-0.3, -0.25) is 4.74 Å². The normalized spacial score (nSPS) is 12.0. The second-order valence-corrected chi connectivity index (χ2v) is 5.36. The fourth-order valence-corrected chi connectivity index (χ4v) is 1.83. The molecule has 0 spiro atoms. The molecule has 1 N–H and O–H groups in total. The van der Waals surface area contributed by atoms with Crippen LogP contribution in [0, 0.1) is 5.92 Å². The Kier molecular flexibility index (Phi) is 7.28. The van der Waals surface area contributed by atoms with Crippen LogP contribution in [0.25, 0.3) is 0 Å². The minimum atomic E-state index is -4.63. The highest BCUT2D eigenvalue weighted by Gasteiger charge is 2.28. The van der Waals surface area contributed by atoms with E-state index in [1.807, 2.05) is 0 Å². The minimum absolute atomic E-state index is 0.182. The Bertz CT molecular complexity index is 439. The molecule has 0 unspecified atom stereocenters. The van der Waals surface area contributed by atoms with Gasteiger partial charge in [0.1, 0.15) is 12.4 Å².